The number of aromatic amines is 1. The maximum Gasteiger partial charge on any atom is 0.416 e. The zero-order valence-electron chi connectivity index (χ0n) is 20.2. The van der Waals surface area contributed by atoms with E-state index in [-0.39, 0.29) is 17.0 Å². The van der Waals surface area contributed by atoms with E-state index in [1.807, 2.05) is 13.8 Å². The van der Waals surface area contributed by atoms with Crippen LogP contribution < -0.4 is 16.4 Å². The number of halogens is 4. The average Bonchev–Trinajstić information content (AvgIpc) is 3.26. The first kappa shape index (κ1) is 26.0. The maximum absolute atomic E-state index is 15.2. The smallest absolute Gasteiger partial charge is 0.382 e. The largest absolute Gasteiger partial charge is 0.416 e. The number of alkyl halides is 3. The third kappa shape index (κ3) is 5.67. The minimum atomic E-state index is -4.51. The van der Waals surface area contributed by atoms with E-state index in [0.29, 0.717) is 28.7 Å². The number of urea groups is 1. The third-order valence-corrected chi connectivity index (χ3v) is 6.07. The van der Waals surface area contributed by atoms with E-state index in [0.717, 1.165) is 30.8 Å². The lowest BCUT2D eigenvalue weighted by Gasteiger charge is -2.19. The van der Waals surface area contributed by atoms with Crippen molar-refractivity contribution in [3.05, 3.63) is 71.5 Å². The van der Waals surface area contributed by atoms with Crippen LogP contribution in [0.15, 0.2) is 54.6 Å². The third-order valence-electron chi connectivity index (χ3n) is 6.07. The zero-order valence-corrected chi connectivity index (χ0v) is 20.2. The second-order valence-electron chi connectivity index (χ2n) is 8.45. The lowest BCUT2D eigenvalue weighted by Crippen LogP contribution is -2.22. The van der Waals surface area contributed by atoms with E-state index in [2.05, 4.69) is 25.7 Å². The van der Waals surface area contributed by atoms with Gasteiger partial charge in [-0.15, -0.1) is 0 Å². The molecule has 11 heteroatoms. The predicted molar refractivity (Wildman–Crippen MR) is 137 cm³/mol. The van der Waals surface area contributed by atoms with Crippen molar-refractivity contribution >= 4 is 34.1 Å². The van der Waals surface area contributed by atoms with Crippen molar-refractivity contribution in [2.24, 2.45) is 0 Å². The summed E-state index contributed by atoms with van der Waals surface area (Å²) in [5, 5.41) is 12.1. The molecular formula is C26H26F4N6O. The fourth-order valence-corrected chi connectivity index (χ4v) is 4.09. The molecule has 0 aliphatic rings. The summed E-state index contributed by atoms with van der Waals surface area (Å²) in [4.78, 5) is 14.4. The Hall–Kier alpha value is -4.12. The highest BCUT2D eigenvalue weighted by Crippen LogP contribution is 2.36. The van der Waals surface area contributed by atoms with Crippen molar-refractivity contribution in [3.8, 4) is 11.1 Å². The average molecular weight is 515 g/mol. The fraction of sp³-hybridized carbons (Fsp3) is 0.231. The molecule has 194 valence electrons. The molecule has 0 aliphatic carbocycles. The number of amides is 2. The molecule has 4 aromatic rings. The molecule has 0 radical (unpaired) electrons. The number of nitrogens with two attached hydrogens (primary N) is 1. The molecule has 0 unspecified atom stereocenters. The first-order valence-electron chi connectivity index (χ1n) is 11.6. The number of nitrogens with one attached hydrogen (secondary N) is 3. The number of benzene rings is 3. The number of anilines is 3. The molecule has 0 bridgehead atoms. The van der Waals surface area contributed by atoms with Gasteiger partial charge >= 0.3 is 12.2 Å². The van der Waals surface area contributed by atoms with Crippen LogP contribution in [0.5, 0.6) is 0 Å². The Bertz CT molecular complexity index is 1410. The standard InChI is InChI=1S/C26H26F4N6O/c1-3-36(4-2)14-16-12-20(21-23(22(16)27)34-35-24(21)31)15-8-10-18(11-9-15)32-25(37)33-19-7-5-6-17(13-19)26(28,29)30/h5-13H,3-4,14H2,1-2H3,(H3,31,34,35)(H2,32,33,37). The summed E-state index contributed by atoms with van der Waals surface area (Å²) in [5.41, 5.74) is 7.73. The van der Waals surface area contributed by atoms with E-state index < -0.39 is 23.6 Å². The number of fused-ring (bicyclic) bond motifs is 1. The molecule has 0 atom stereocenters. The summed E-state index contributed by atoms with van der Waals surface area (Å²) in [7, 11) is 0. The number of aromatic nitrogens is 2. The number of hydrogen-bond donors (Lipinski definition) is 4. The van der Waals surface area contributed by atoms with Crippen LogP contribution in [0.4, 0.5) is 39.5 Å². The van der Waals surface area contributed by atoms with Crippen LogP contribution in [0, 0.1) is 5.82 Å². The van der Waals surface area contributed by atoms with E-state index in [4.69, 9.17) is 5.73 Å². The van der Waals surface area contributed by atoms with E-state index in [1.165, 1.54) is 12.1 Å². The Morgan fingerprint density at radius 3 is 2.35 bits per heavy atom. The minimum absolute atomic E-state index is 0.00816. The number of nitrogens with zero attached hydrogens (tertiary/aromatic N) is 2. The minimum Gasteiger partial charge on any atom is -0.382 e. The maximum atomic E-state index is 15.2. The highest BCUT2D eigenvalue weighted by molar-refractivity contribution is 6.03. The first-order valence-corrected chi connectivity index (χ1v) is 11.6. The predicted octanol–water partition coefficient (Wildman–Crippen LogP) is 6.46. The second-order valence-corrected chi connectivity index (χ2v) is 8.45. The van der Waals surface area contributed by atoms with Crippen molar-refractivity contribution in [2.45, 2.75) is 26.6 Å². The molecule has 3 aromatic carbocycles. The van der Waals surface area contributed by atoms with Crippen molar-refractivity contribution in [2.75, 3.05) is 29.5 Å². The number of nitrogen functional groups attached to an aromatic ring is 1. The number of rotatable bonds is 7. The Kier molecular flexibility index (Phi) is 7.35. The molecule has 1 aromatic heterocycles. The molecule has 1 heterocycles. The summed E-state index contributed by atoms with van der Waals surface area (Å²) in [5.74, 6) is -0.236. The van der Waals surface area contributed by atoms with Crippen LogP contribution >= 0.6 is 0 Å². The molecule has 37 heavy (non-hydrogen) atoms. The SMILES string of the molecule is CCN(CC)Cc1cc(-c2ccc(NC(=O)Nc3cccc(C(F)(F)F)c3)cc2)c2c(N)n[nH]c2c1F. The van der Waals surface area contributed by atoms with Gasteiger partial charge in [-0.05, 0) is 60.6 Å². The van der Waals surface area contributed by atoms with Crippen molar-refractivity contribution in [1.82, 2.24) is 15.1 Å². The quantitative estimate of drug-likeness (QED) is 0.213. The summed E-state index contributed by atoms with van der Waals surface area (Å²) in [6.45, 7) is 5.94. The summed E-state index contributed by atoms with van der Waals surface area (Å²) in [6, 6.07) is 12.2. The fourth-order valence-electron chi connectivity index (χ4n) is 4.09. The van der Waals surface area contributed by atoms with Gasteiger partial charge in [-0.1, -0.05) is 32.0 Å². The lowest BCUT2D eigenvalue weighted by atomic mass is 9.97. The molecule has 7 nitrogen and oxygen atoms in total. The van der Waals surface area contributed by atoms with Gasteiger partial charge in [0, 0.05) is 23.5 Å². The van der Waals surface area contributed by atoms with Gasteiger partial charge < -0.3 is 16.4 Å². The van der Waals surface area contributed by atoms with Gasteiger partial charge in [0.2, 0.25) is 0 Å². The molecule has 0 fully saturated rings. The number of carbonyl (C=O) groups is 1. The monoisotopic (exact) mass is 514 g/mol. The molecule has 2 amide bonds. The van der Waals surface area contributed by atoms with E-state index in [1.54, 1.807) is 30.3 Å². The summed E-state index contributed by atoms with van der Waals surface area (Å²) in [6.07, 6.45) is -4.51. The molecule has 4 rings (SSSR count). The highest BCUT2D eigenvalue weighted by atomic mass is 19.4. The van der Waals surface area contributed by atoms with Crippen LogP contribution in [-0.4, -0.2) is 34.2 Å². The molecule has 0 saturated heterocycles. The second kappa shape index (κ2) is 10.5. The molecular weight excluding hydrogens is 488 g/mol. The van der Waals surface area contributed by atoms with Crippen LogP contribution in [0.1, 0.15) is 25.0 Å². The molecule has 0 spiro atoms. The highest BCUT2D eigenvalue weighted by Gasteiger charge is 2.30. The molecule has 0 saturated carbocycles. The van der Waals surface area contributed by atoms with Crippen molar-refractivity contribution < 1.29 is 22.4 Å². The van der Waals surface area contributed by atoms with Crippen molar-refractivity contribution in [1.29, 1.82) is 0 Å². The van der Waals surface area contributed by atoms with Crippen LogP contribution in [0.3, 0.4) is 0 Å². The van der Waals surface area contributed by atoms with E-state index >= 15 is 4.39 Å². The van der Waals surface area contributed by atoms with Crippen LogP contribution in [0.2, 0.25) is 0 Å². The Labute approximate surface area is 210 Å². The van der Waals surface area contributed by atoms with Gasteiger partial charge in [0.1, 0.15) is 5.52 Å². The van der Waals surface area contributed by atoms with Gasteiger partial charge in [0.05, 0.1) is 10.9 Å². The number of hydrogen-bond acceptors (Lipinski definition) is 4. The van der Waals surface area contributed by atoms with Gasteiger partial charge in [-0.3, -0.25) is 10.00 Å². The normalized spacial score (nSPS) is 11.8. The van der Waals surface area contributed by atoms with Gasteiger partial charge in [0.25, 0.3) is 0 Å². The Morgan fingerprint density at radius 1 is 1.03 bits per heavy atom. The molecule has 5 N–H and O–H groups in total. The summed E-state index contributed by atoms with van der Waals surface area (Å²) < 4.78 is 54.0. The number of carbonyl (C=O) groups excluding carboxylic acids is 1. The van der Waals surface area contributed by atoms with Gasteiger partial charge in [-0.2, -0.15) is 18.3 Å². The van der Waals surface area contributed by atoms with Crippen LogP contribution in [0.25, 0.3) is 22.0 Å². The van der Waals surface area contributed by atoms with Gasteiger partial charge in [0.15, 0.2) is 11.6 Å². The first-order chi connectivity index (χ1) is 17.6. The van der Waals surface area contributed by atoms with Gasteiger partial charge in [-0.25, -0.2) is 9.18 Å². The van der Waals surface area contributed by atoms with Crippen LogP contribution in [-0.2, 0) is 12.7 Å². The Morgan fingerprint density at radius 2 is 1.70 bits per heavy atom. The zero-order chi connectivity index (χ0) is 26.7. The lowest BCUT2D eigenvalue weighted by molar-refractivity contribution is -0.137. The topological polar surface area (TPSA) is 99.1 Å². The van der Waals surface area contributed by atoms with E-state index in [9.17, 15) is 18.0 Å². The molecule has 0 aliphatic heterocycles. The summed E-state index contributed by atoms with van der Waals surface area (Å²) >= 11 is 0. The number of H-pyrrole nitrogens is 1. The Balaban J connectivity index is 1.57. The van der Waals surface area contributed by atoms with Crippen molar-refractivity contribution in [3.63, 3.8) is 0 Å².